The van der Waals surface area contributed by atoms with E-state index in [2.05, 4.69) is 31.2 Å². The zero-order chi connectivity index (χ0) is 18.5. The number of hydrogen-bond donors (Lipinski definition) is 3. The number of aliphatic hydroxyl groups is 2. The maximum atomic E-state index is 14.4. The van der Waals surface area contributed by atoms with Crippen molar-refractivity contribution < 1.29 is 19.3 Å². The summed E-state index contributed by atoms with van der Waals surface area (Å²) in [5, 5.41) is 32.6. The molecule has 0 spiro atoms. The van der Waals surface area contributed by atoms with Gasteiger partial charge < -0.3 is 20.3 Å². The summed E-state index contributed by atoms with van der Waals surface area (Å²) in [6, 6.07) is 4.45. The van der Waals surface area contributed by atoms with Crippen LogP contribution in [0.4, 0.5) is 10.3 Å². The molecule has 0 atom stereocenters. The molecule has 1 aromatic carbocycles. The molecule has 0 unspecified atom stereocenters. The standard InChI is InChI=1S/C16H11BrFN5O3/c17-10-6-20-15(23-7-8(5-19)21-14(10)23)22-16(24,25)13-9-3-4-26-12(9)2-1-11(13)18/h1-2,6-7,24-25H,3-4H2,(H,20,22). The fourth-order valence-electron chi connectivity index (χ4n) is 2.94. The largest absolute Gasteiger partial charge is 0.493 e. The fourth-order valence-corrected chi connectivity index (χ4v) is 3.32. The quantitative estimate of drug-likeness (QED) is 0.552. The van der Waals surface area contributed by atoms with Crippen LogP contribution in [0.2, 0.25) is 0 Å². The number of fused-ring (bicyclic) bond motifs is 2. The van der Waals surface area contributed by atoms with Crippen molar-refractivity contribution in [2.24, 2.45) is 0 Å². The van der Waals surface area contributed by atoms with Gasteiger partial charge in [-0.25, -0.2) is 14.4 Å². The first-order chi connectivity index (χ1) is 12.4. The SMILES string of the molecule is N#Cc1cn2c(NC(O)(O)c3c(F)ccc4c3CCO4)ncc(Br)c2n1. The molecule has 3 N–H and O–H groups in total. The van der Waals surface area contributed by atoms with E-state index >= 15 is 0 Å². The van der Waals surface area contributed by atoms with E-state index in [4.69, 9.17) is 10.00 Å². The second-order valence-corrected chi connectivity index (χ2v) is 6.51. The molecule has 4 rings (SSSR count). The van der Waals surface area contributed by atoms with Crippen molar-refractivity contribution in [1.82, 2.24) is 14.4 Å². The van der Waals surface area contributed by atoms with Crippen LogP contribution >= 0.6 is 15.9 Å². The lowest BCUT2D eigenvalue weighted by Crippen LogP contribution is -2.37. The van der Waals surface area contributed by atoms with E-state index in [1.54, 1.807) is 0 Å². The van der Waals surface area contributed by atoms with E-state index in [0.717, 1.165) is 6.07 Å². The van der Waals surface area contributed by atoms with Crippen LogP contribution in [-0.4, -0.2) is 31.2 Å². The summed E-state index contributed by atoms with van der Waals surface area (Å²) in [5.74, 6) is -3.17. The average Bonchev–Trinajstić information content (AvgIpc) is 3.23. The summed E-state index contributed by atoms with van der Waals surface area (Å²) in [6.45, 7) is 0.329. The van der Waals surface area contributed by atoms with Gasteiger partial charge in [0.25, 0.3) is 5.91 Å². The number of nitriles is 1. The molecule has 0 saturated heterocycles. The molecule has 0 aliphatic carbocycles. The number of rotatable bonds is 3. The number of imidazole rings is 1. The number of halogens is 2. The van der Waals surface area contributed by atoms with Crippen molar-refractivity contribution >= 4 is 27.5 Å². The Balaban J connectivity index is 1.82. The number of benzene rings is 1. The van der Waals surface area contributed by atoms with Crippen LogP contribution in [0.5, 0.6) is 5.75 Å². The third kappa shape index (κ3) is 2.57. The normalized spacial score (nSPS) is 13.3. The van der Waals surface area contributed by atoms with Crippen molar-refractivity contribution in [3.05, 3.63) is 51.6 Å². The highest BCUT2D eigenvalue weighted by Crippen LogP contribution is 2.36. The number of nitrogens with zero attached hydrogens (tertiary/aromatic N) is 4. The van der Waals surface area contributed by atoms with Crippen molar-refractivity contribution in [1.29, 1.82) is 5.26 Å². The maximum Gasteiger partial charge on any atom is 0.278 e. The minimum absolute atomic E-state index is 0.0295. The summed E-state index contributed by atoms with van der Waals surface area (Å²) in [4.78, 5) is 8.16. The minimum Gasteiger partial charge on any atom is -0.493 e. The summed E-state index contributed by atoms with van der Waals surface area (Å²) < 4.78 is 21.6. The van der Waals surface area contributed by atoms with Crippen LogP contribution in [0.15, 0.2) is 29.0 Å². The second kappa shape index (κ2) is 5.91. The monoisotopic (exact) mass is 419 g/mol. The summed E-state index contributed by atoms with van der Waals surface area (Å²) >= 11 is 3.27. The molecule has 1 aliphatic rings. The molecular formula is C16H11BrFN5O3. The van der Waals surface area contributed by atoms with Gasteiger partial charge in [-0.1, -0.05) is 0 Å². The maximum absolute atomic E-state index is 14.4. The molecule has 0 radical (unpaired) electrons. The third-order valence-corrected chi connectivity index (χ3v) is 4.59. The number of nitrogens with one attached hydrogen (secondary N) is 1. The van der Waals surface area contributed by atoms with Crippen LogP contribution in [-0.2, 0) is 12.3 Å². The first-order valence-electron chi connectivity index (χ1n) is 7.52. The second-order valence-electron chi connectivity index (χ2n) is 5.66. The van der Waals surface area contributed by atoms with Crippen molar-refractivity contribution in [3.8, 4) is 11.8 Å². The number of anilines is 1. The van der Waals surface area contributed by atoms with Crippen LogP contribution in [0, 0.1) is 17.1 Å². The van der Waals surface area contributed by atoms with Gasteiger partial charge >= 0.3 is 0 Å². The average molecular weight is 420 g/mol. The Hall–Kier alpha value is -2.74. The van der Waals surface area contributed by atoms with E-state index in [0.29, 0.717) is 34.5 Å². The molecule has 10 heteroatoms. The molecule has 0 saturated carbocycles. The zero-order valence-corrected chi connectivity index (χ0v) is 14.7. The lowest BCUT2D eigenvalue weighted by Gasteiger charge is -2.26. The molecule has 3 aromatic rings. The van der Waals surface area contributed by atoms with Crippen molar-refractivity contribution in [2.45, 2.75) is 12.3 Å². The first kappa shape index (κ1) is 16.7. The lowest BCUT2D eigenvalue weighted by atomic mass is 10.0. The first-order valence-corrected chi connectivity index (χ1v) is 8.31. The molecule has 132 valence electrons. The Labute approximate surface area is 154 Å². The van der Waals surface area contributed by atoms with Crippen LogP contribution in [0.1, 0.15) is 16.8 Å². The van der Waals surface area contributed by atoms with E-state index in [-0.39, 0.29) is 17.2 Å². The number of hydrogen-bond acceptors (Lipinski definition) is 7. The smallest absolute Gasteiger partial charge is 0.278 e. The molecule has 26 heavy (non-hydrogen) atoms. The Kier molecular flexibility index (Phi) is 3.80. The van der Waals surface area contributed by atoms with Gasteiger partial charge in [0, 0.05) is 18.2 Å². The zero-order valence-electron chi connectivity index (χ0n) is 13.1. The molecular weight excluding hydrogens is 409 g/mol. The highest BCUT2D eigenvalue weighted by Gasteiger charge is 2.36. The Morgan fingerprint density at radius 1 is 1.42 bits per heavy atom. The Morgan fingerprint density at radius 2 is 2.23 bits per heavy atom. The molecule has 1 aliphatic heterocycles. The predicted molar refractivity (Wildman–Crippen MR) is 90.7 cm³/mol. The summed E-state index contributed by atoms with van der Waals surface area (Å²) in [7, 11) is 0. The van der Waals surface area contributed by atoms with Gasteiger partial charge in [-0.3, -0.25) is 4.40 Å². The van der Waals surface area contributed by atoms with Crippen LogP contribution < -0.4 is 10.1 Å². The summed E-state index contributed by atoms with van der Waals surface area (Å²) in [5.41, 5.74) is 0.505. The lowest BCUT2D eigenvalue weighted by molar-refractivity contribution is -0.146. The van der Waals surface area contributed by atoms with E-state index in [1.807, 2.05) is 6.07 Å². The molecule has 0 bridgehead atoms. The Bertz CT molecular complexity index is 1080. The molecule has 2 aromatic heterocycles. The molecule has 0 fully saturated rings. The van der Waals surface area contributed by atoms with E-state index in [1.165, 1.54) is 22.9 Å². The highest BCUT2D eigenvalue weighted by atomic mass is 79.9. The van der Waals surface area contributed by atoms with Crippen molar-refractivity contribution in [3.63, 3.8) is 0 Å². The van der Waals surface area contributed by atoms with Gasteiger partial charge in [-0.15, -0.1) is 0 Å². The topological polar surface area (TPSA) is 116 Å². The van der Waals surface area contributed by atoms with Gasteiger partial charge in [0.2, 0.25) is 5.95 Å². The fraction of sp³-hybridized carbons (Fsp3) is 0.188. The molecule has 3 heterocycles. The molecule has 8 nitrogen and oxygen atoms in total. The van der Waals surface area contributed by atoms with Gasteiger partial charge in [-0.2, -0.15) is 5.26 Å². The summed E-state index contributed by atoms with van der Waals surface area (Å²) in [6.07, 6.45) is 3.11. The van der Waals surface area contributed by atoms with E-state index < -0.39 is 11.7 Å². The van der Waals surface area contributed by atoms with Crippen LogP contribution in [0.3, 0.4) is 0 Å². The van der Waals surface area contributed by atoms with Gasteiger partial charge in [-0.05, 0) is 28.1 Å². The number of aromatic nitrogens is 3. The third-order valence-electron chi connectivity index (χ3n) is 4.03. The van der Waals surface area contributed by atoms with E-state index in [9.17, 15) is 14.6 Å². The van der Waals surface area contributed by atoms with Crippen molar-refractivity contribution in [2.75, 3.05) is 11.9 Å². The molecule has 0 amide bonds. The van der Waals surface area contributed by atoms with Gasteiger partial charge in [0.15, 0.2) is 11.3 Å². The highest BCUT2D eigenvalue weighted by molar-refractivity contribution is 9.10. The minimum atomic E-state index is -2.76. The van der Waals surface area contributed by atoms with Gasteiger partial charge in [0.1, 0.15) is 17.6 Å². The van der Waals surface area contributed by atoms with Crippen LogP contribution in [0.25, 0.3) is 5.65 Å². The number of ether oxygens (including phenoxy) is 1. The Morgan fingerprint density at radius 3 is 3.00 bits per heavy atom. The van der Waals surface area contributed by atoms with Gasteiger partial charge in [0.05, 0.1) is 22.8 Å². The predicted octanol–water partition coefficient (Wildman–Crippen LogP) is 1.64.